The Morgan fingerprint density at radius 2 is 1.79 bits per heavy atom. The first-order chi connectivity index (χ1) is 8.78. The summed E-state index contributed by atoms with van der Waals surface area (Å²) in [5.41, 5.74) is -0.417. The Morgan fingerprint density at radius 1 is 1.21 bits per heavy atom. The first-order valence-corrected chi connectivity index (χ1v) is 7.52. The predicted molar refractivity (Wildman–Crippen MR) is 75.8 cm³/mol. The molecule has 0 aromatic heterocycles. The van der Waals surface area contributed by atoms with E-state index in [1.807, 2.05) is 20.8 Å². The van der Waals surface area contributed by atoms with Gasteiger partial charge in [-0.25, -0.2) is 0 Å². The molecule has 0 saturated heterocycles. The van der Waals surface area contributed by atoms with Crippen molar-refractivity contribution in [2.45, 2.75) is 78.2 Å². The Hall–Kier alpha value is -0.860. The van der Waals surface area contributed by atoms with E-state index in [4.69, 9.17) is 4.74 Å². The highest BCUT2D eigenvalue weighted by Crippen LogP contribution is 2.28. The molecule has 1 rings (SSSR count). The second-order valence-corrected chi connectivity index (χ2v) is 6.88. The molecular formula is C16H28O3. The summed E-state index contributed by atoms with van der Waals surface area (Å²) in [5.74, 6) is 0.812. The van der Waals surface area contributed by atoms with Crippen LogP contribution in [0.2, 0.25) is 0 Å². The van der Waals surface area contributed by atoms with Gasteiger partial charge in [-0.15, -0.1) is 0 Å². The van der Waals surface area contributed by atoms with Crippen LogP contribution < -0.4 is 0 Å². The molecule has 0 aliphatic heterocycles. The molecule has 1 saturated carbocycles. The van der Waals surface area contributed by atoms with E-state index in [0.29, 0.717) is 24.5 Å². The molecule has 1 atom stereocenters. The van der Waals surface area contributed by atoms with Crippen molar-refractivity contribution in [2.24, 2.45) is 11.8 Å². The smallest absolute Gasteiger partial charge is 0.306 e. The summed E-state index contributed by atoms with van der Waals surface area (Å²) in [6.45, 7) is 7.67. The number of esters is 1. The van der Waals surface area contributed by atoms with Gasteiger partial charge in [-0.3, -0.25) is 9.59 Å². The SMILES string of the molecule is CC(CCC(=O)OC(C)(C)C)CC(=O)C1CCCC1. The van der Waals surface area contributed by atoms with Gasteiger partial charge in [0.15, 0.2) is 0 Å². The zero-order chi connectivity index (χ0) is 14.5. The number of ketones is 1. The molecule has 1 fully saturated rings. The minimum absolute atomic E-state index is 0.160. The molecule has 3 nitrogen and oxygen atoms in total. The minimum atomic E-state index is -0.417. The van der Waals surface area contributed by atoms with Crippen LogP contribution in [-0.2, 0) is 14.3 Å². The monoisotopic (exact) mass is 268 g/mol. The van der Waals surface area contributed by atoms with Crippen LogP contribution in [0.3, 0.4) is 0 Å². The second kappa shape index (κ2) is 7.06. The van der Waals surface area contributed by atoms with Crippen molar-refractivity contribution in [1.29, 1.82) is 0 Å². The Kier molecular flexibility index (Phi) is 6.02. The molecule has 0 bridgehead atoms. The van der Waals surface area contributed by atoms with Crippen molar-refractivity contribution in [3.63, 3.8) is 0 Å². The fourth-order valence-corrected chi connectivity index (χ4v) is 2.62. The average molecular weight is 268 g/mol. The van der Waals surface area contributed by atoms with E-state index < -0.39 is 5.60 Å². The first kappa shape index (κ1) is 16.2. The van der Waals surface area contributed by atoms with Crippen molar-refractivity contribution >= 4 is 11.8 Å². The molecule has 1 aliphatic rings. The summed E-state index contributed by atoms with van der Waals surface area (Å²) >= 11 is 0. The zero-order valence-electron chi connectivity index (χ0n) is 12.8. The third kappa shape index (κ3) is 6.74. The summed E-state index contributed by atoms with van der Waals surface area (Å²) < 4.78 is 5.27. The summed E-state index contributed by atoms with van der Waals surface area (Å²) in [6, 6.07) is 0. The number of hydrogen-bond acceptors (Lipinski definition) is 3. The fraction of sp³-hybridized carbons (Fsp3) is 0.875. The molecule has 0 aromatic rings. The van der Waals surface area contributed by atoms with E-state index in [1.54, 1.807) is 0 Å². The van der Waals surface area contributed by atoms with E-state index in [1.165, 1.54) is 12.8 Å². The first-order valence-electron chi connectivity index (χ1n) is 7.52. The van der Waals surface area contributed by atoms with Crippen molar-refractivity contribution in [3.8, 4) is 0 Å². The Morgan fingerprint density at radius 3 is 2.32 bits per heavy atom. The van der Waals surface area contributed by atoms with Crippen molar-refractivity contribution < 1.29 is 14.3 Å². The molecule has 0 heterocycles. The van der Waals surface area contributed by atoms with E-state index in [2.05, 4.69) is 6.92 Å². The summed E-state index contributed by atoms with van der Waals surface area (Å²) in [4.78, 5) is 23.6. The van der Waals surface area contributed by atoms with E-state index >= 15 is 0 Å². The number of ether oxygens (including phenoxy) is 1. The fourth-order valence-electron chi connectivity index (χ4n) is 2.62. The lowest BCUT2D eigenvalue weighted by Gasteiger charge is -2.20. The van der Waals surface area contributed by atoms with Crippen LogP contribution in [-0.4, -0.2) is 17.4 Å². The van der Waals surface area contributed by atoms with Crippen molar-refractivity contribution in [3.05, 3.63) is 0 Å². The quantitative estimate of drug-likeness (QED) is 0.686. The highest BCUT2D eigenvalue weighted by molar-refractivity contribution is 5.81. The van der Waals surface area contributed by atoms with Crippen LogP contribution >= 0.6 is 0 Å². The number of hydrogen-bond donors (Lipinski definition) is 0. The van der Waals surface area contributed by atoms with Gasteiger partial charge in [0.05, 0.1) is 0 Å². The lowest BCUT2D eigenvalue weighted by atomic mass is 9.92. The predicted octanol–water partition coefficient (Wildman–Crippen LogP) is 3.89. The largest absolute Gasteiger partial charge is 0.460 e. The Labute approximate surface area is 117 Å². The van der Waals surface area contributed by atoms with Crippen molar-refractivity contribution in [1.82, 2.24) is 0 Å². The van der Waals surface area contributed by atoms with Crippen molar-refractivity contribution in [2.75, 3.05) is 0 Å². The standard InChI is InChI=1S/C16H28O3/c1-12(9-10-15(18)19-16(2,3)4)11-14(17)13-7-5-6-8-13/h12-13H,5-11H2,1-4H3. The molecule has 1 aliphatic carbocycles. The molecule has 0 N–H and O–H groups in total. The Bertz CT molecular complexity index is 308. The zero-order valence-corrected chi connectivity index (χ0v) is 12.8. The normalized spacial score (nSPS) is 18.3. The number of rotatable bonds is 6. The van der Waals surface area contributed by atoms with Gasteiger partial charge in [0.2, 0.25) is 0 Å². The van der Waals surface area contributed by atoms with Crippen LogP contribution in [0.1, 0.15) is 72.6 Å². The van der Waals surface area contributed by atoms with Crippen LogP contribution in [0.5, 0.6) is 0 Å². The maximum atomic E-state index is 12.0. The van der Waals surface area contributed by atoms with Crippen LogP contribution in [0.25, 0.3) is 0 Å². The van der Waals surface area contributed by atoms with Gasteiger partial charge in [0.1, 0.15) is 11.4 Å². The molecule has 0 radical (unpaired) electrons. The van der Waals surface area contributed by atoms with Crippen LogP contribution in [0, 0.1) is 11.8 Å². The maximum absolute atomic E-state index is 12.0. The molecular weight excluding hydrogens is 240 g/mol. The van der Waals surface area contributed by atoms with Gasteiger partial charge in [-0.05, 0) is 46.0 Å². The van der Waals surface area contributed by atoms with Gasteiger partial charge in [-0.2, -0.15) is 0 Å². The van der Waals surface area contributed by atoms with Crippen LogP contribution in [0.15, 0.2) is 0 Å². The molecule has 0 amide bonds. The Balaban J connectivity index is 2.21. The lowest BCUT2D eigenvalue weighted by Crippen LogP contribution is -2.24. The topological polar surface area (TPSA) is 43.4 Å². The van der Waals surface area contributed by atoms with E-state index in [9.17, 15) is 9.59 Å². The third-order valence-corrected chi connectivity index (χ3v) is 3.62. The number of Topliss-reactive ketones (excluding diaryl/α,β-unsaturated/α-hetero) is 1. The minimum Gasteiger partial charge on any atom is -0.460 e. The molecule has 110 valence electrons. The molecule has 0 aromatic carbocycles. The van der Waals surface area contributed by atoms with Gasteiger partial charge in [0.25, 0.3) is 0 Å². The summed E-state index contributed by atoms with van der Waals surface area (Å²) in [7, 11) is 0. The van der Waals surface area contributed by atoms with Gasteiger partial charge in [0, 0.05) is 18.8 Å². The van der Waals surface area contributed by atoms with Gasteiger partial charge < -0.3 is 4.74 Å². The summed E-state index contributed by atoms with van der Waals surface area (Å²) in [5, 5.41) is 0. The number of carbonyl (C=O) groups is 2. The molecule has 1 unspecified atom stereocenters. The highest BCUT2D eigenvalue weighted by atomic mass is 16.6. The van der Waals surface area contributed by atoms with E-state index in [-0.39, 0.29) is 11.9 Å². The van der Waals surface area contributed by atoms with E-state index in [0.717, 1.165) is 19.3 Å². The number of carbonyl (C=O) groups excluding carboxylic acids is 2. The molecule has 0 spiro atoms. The molecule has 3 heteroatoms. The highest BCUT2D eigenvalue weighted by Gasteiger charge is 2.24. The van der Waals surface area contributed by atoms with Gasteiger partial charge in [-0.1, -0.05) is 19.8 Å². The average Bonchev–Trinajstić information content (AvgIpc) is 2.77. The summed E-state index contributed by atoms with van der Waals surface area (Å²) in [6.07, 6.45) is 6.30. The third-order valence-electron chi connectivity index (χ3n) is 3.62. The lowest BCUT2D eigenvalue weighted by molar-refractivity contribution is -0.155. The maximum Gasteiger partial charge on any atom is 0.306 e. The molecule has 19 heavy (non-hydrogen) atoms. The van der Waals surface area contributed by atoms with Gasteiger partial charge >= 0.3 is 5.97 Å². The van der Waals surface area contributed by atoms with Crippen LogP contribution in [0.4, 0.5) is 0 Å². The second-order valence-electron chi connectivity index (χ2n) is 6.88.